The predicted molar refractivity (Wildman–Crippen MR) is 209 cm³/mol. The Morgan fingerprint density at radius 2 is 1.04 bits per heavy atom. The van der Waals surface area contributed by atoms with Gasteiger partial charge in [-0.2, -0.15) is 0 Å². The molecule has 0 fully saturated rings. The maximum absolute atomic E-state index is 12.8. The number of carbonyl (C=O) groups excluding carboxylic acids is 3. The first-order valence-electron chi connectivity index (χ1n) is 19.8. The van der Waals surface area contributed by atoms with Gasteiger partial charge in [0.15, 0.2) is 0 Å². The minimum absolute atomic E-state index is 0.00107. The van der Waals surface area contributed by atoms with E-state index < -0.39 is 0 Å². The van der Waals surface area contributed by atoms with Gasteiger partial charge in [-0.1, -0.05) is 134 Å². The van der Waals surface area contributed by atoms with Gasteiger partial charge in [0, 0.05) is 29.1 Å². The van der Waals surface area contributed by atoms with Crippen molar-refractivity contribution in [2.24, 2.45) is 33.5 Å². The van der Waals surface area contributed by atoms with Gasteiger partial charge in [-0.15, -0.1) is 0 Å². The molecule has 0 N–H and O–H groups in total. The highest BCUT2D eigenvalue weighted by Crippen LogP contribution is 2.34. The Hall–Kier alpha value is -1.75. The van der Waals surface area contributed by atoms with Crippen molar-refractivity contribution in [3.8, 4) is 0 Å². The number of ketones is 2. The standard InChI is InChI=1S/C22H38O3.C20H36O2.C2H6/c1-21(2,3)16-17(20(24)22(4,5)6)14-15-19(23)25-18-12-10-8-7-9-11-13-18;1-19(2,3)14-16(18(21)20(4,5)6)15-22-17-12-10-8-7-9-11-13-17;1-2/h10,12,17-18H,7-9,11,13-16H2,1-6H3;10,12,16-17H,7-9,11,13-15H2,1-6H3;1-2H3/b2*12-10+;/t17-,18?;16-,17?;/m01./s1. The van der Waals surface area contributed by atoms with Crippen LogP contribution in [0, 0.1) is 33.5 Å². The van der Waals surface area contributed by atoms with Gasteiger partial charge < -0.3 is 9.47 Å². The van der Waals surface area contributed by atoms with Gasteiger partial charge in [-0.25, -0.2) is 0 Å². The SMILES string of the molecule is CC.CC(C)(C)C[C@H](CCC(=O)OC1/C=C/CCCCC1)C(=O)C(C)(C)C.CC(C)(C)C[C@H](COC1/C=C/CCCCC1)C(=O)C(C)(C)C. The lowest BCUT2D eigenvalue weighted by atomic mass is 9.74. The lowest BCUT2D eigenvalue weighted by Gasteiger charge is -2.30. The molecule has 2 aliphatic rings. The van der Waals surface area contributed by atoms with Gasteiger partial charge in [-0.05, 0) is 81.1 Å². The van der Waals surface area contributed by atoms with E-state index >= 15 is 0 Å². The molecule has 5 nitrogen and oxygen atoms in total. The molecular formula is C44H80O5. The third-order valence-corrected chi connectivity index (χ3v) is 8.85. The second-order valence-electron chi connectivity index (χ2n) is 18.7. The van der Waals surface area contributed by atoms with Crippen molar-refractivity contribution in [1.29, 1.82) is 0 Å². The molecule has 5 heteroatoms. The number of allylic oxidation sites excluding steroid dienone is 2. The van der Waals surface area contributed by atoms with Crippen LogP contribution < -0.4 is 0 Å². The number of Topliss-reactive ketones (excluding diaryl/α,β-unsaturated/α-hetero) is 2. The summed E-state index contributed by atoms with van der Waals surface area (Å²) in [5, 5.41) is 0. The molecule has 0 heterocycles. The first kappa shape index (κ1) is 47.2. The molecule has 0 spiro atoms. The summed E-state index contributed by atoms with van der Waals surface area (Å²) in [6, 6.07) is 0. The summed E-state index contributed by atoms with van der Waals surface area (Å²) in [7, 11) is 0. The molecule has 0 aromatic heterocycles. The van der Waals surface area contributed by atoms with Gasteiger partial charge in [-0.3, -0.25) is 14.4 Å². The Kier molecular flexibility index (Phi) is 22.1. The lowest BCUT2D eigenvalue weighted by molar-refractivity contribution is -0.148. The molecule has 286 valence electrons. The molecule has 0 aliphatic heterocycles. The summed E-state index contributed by atoms with van der Waals surface area (Å²) < 4.78 is 11.8. The number of hydrogen-bond acceptors (Lipinski definition) is 5. The van der Waals surface area contributed by atoms with E-state index in [1.54, 1.807) is 0 Å². The molecule has 0 aromatic carbocycles. The summed E-state index contributed by atoms with van der Waals surface area (Å²) in [4.78, 5) is 37.8. The van der Waals surface area contributed by atoms with Crippen LogP contribution in [0.25, 0.3) is 0 Å². The van der Waals surface area contributed by atoms with Gasteiger partial charge in [0.05, 0.1) is 12.7 Å². The fraction of sp³-hybridized carbons (Fsp3) is 0.841. The molecule has 0 saturated carbocycles. The van der Waals surface area contributed by atoms with Crippen LogP contribution in [0.1, 0.15) is 187 Å². The van der Waals surface area contributed by atoms with Gasteiger partial charge >= 0.3 is 5.97 Å². The van der Waals surface area contributed by atoms with E-state index in [1.807, 2.05) is 61.5 Å². The topological polar surface area (TPSA) is 69.7 Å². The summed E-state index contributed by atoms with van der Waals surface area (Å²) in [5.74, 6) is 0.327. The van der Waals surface area contributed by atoms with E-state index in [-0.39, 0.29) is 57.5 Å². The normalized spacial score (nSPS) is 21.8. The van der Waals surface area contributed by atoms with Crippen LogP contribution in [-0.4, -0.2) is 36.4 Å². The van der Waals surface area contributed by atoms with Crippen molar-refractivity contribution >= 4 is 17.5 Å². The van der Waals surface area contributed by atoms with Crippen molar-refractivity contribution in [2.45, 2.75) is 199 Å². The third kappa shape index (κ3) is 23.4. The van der Waals surface area contributed by atoms with Crippen molar-refractivity contribution in [3.63, 3.8) is 0 Å². The molecule has 2 unspecified atom stereocenters. The Labute approximate surface area is 304 Å². The van der Waals surface area contributed by atoms with Crippen molar-refractivity contribution in [2.75, 3.05) is 6.61 Å². The highest BCUT2D eigenvalue weighted by molar-refractivity contribution is 5.86. The minimum atomic E-state index is -0.373. The lowest BCUT2D eigenvalue weighted by Crippen LogP contribution is -2.35. The number of carbonyl (C=O) groups is 3. The highest BCUT2D eigenvalue weighted by Gasteiger charge is 2.34. The van der Waals surface area contributed by atoms with Gasteiger partial charge in [0.2, 0.25) is 0 Å². The Morgan fingerprint density at radius 3 is 1.51 bits per heavy atom. The fourth-order valence-electron chi connectivity index (χ4n) is 6.51. The van der Waals surface area contributed by atoms with E-state index in [1.165, 1.54) is 32.1 Å². The number of rotatable bonds is 11. The molecular weight excluding hydrogens is 608 g/mol. The van der Waals surface area contributed by atoms with Crippen LogP contribution in [0.5, 0.6) is 0 Å². The molecule has 0 amide bonds. The van der Waals surface area contributed by atoms with E-state index in [2.05, 4.69) is 59.8 Å². The average Bonchev–Trinajstić information content (AvgIpc) is 2.94. The number of ether oxygens (including phenoxy) is 2. The minimum Gasteiger partial charge on any atom is -0.458 e. The van der Waals surface area contributed by atoms with Gasteiger partial charge in [0.1, 0.15) is 17.7 Å². The van der Waals surface area contributed by atoms with E-state index in [9.17, 15) is 14.4 Å². The molecule has 0 saturated heterocycles. The molecule has 4 atom stereocenters. The molecule has 0 aromatic rings. The molecule has 2 aliphatic carbocycles. The quantitative estimate of drug-likeness (QED) is 0.160. The molecule has 0 radical (unpaired) electrons. The zero-order valence-corrected chi connectivity index (χ0v) is 34.8. The van der Waals surface area contributed by atoms with Crippen molar-refractivity contribution in [3.05, 3.63) is 24.3 Å². The van der Waals surface area contributed by atoms with Crippen molar-refractivity contribution in [1.82, 2.24) is 0 Å². The van der Waals surface area contributed by atoms with Crippen LogP contribution in [0.3, 0.4) is 0 Å². The molecule has 2 rings (SSSR count). The first-order chi connectivity index (χ1) is 22.6. The summed E-state index contributed by atoms with van der Waals surface area (Å²) >= 11 is 0. The van der Waals surface area contributed by atoms with Crippen LogP contribution in [0.4, 0.5) is 0 Å². The monoisotopic (exact) mass is 689 g/mol. The van der Waals surface area contributed by atoms with Crippen LogP contribution >= 0.6 is 0 Å². The maximum Gasteiger partial charge on any atom is 0.306 e. The van der Waals surface area contributed by atoms with Crippen LogP contribution in [-0.2, 0) is 23.9 Å². The Bertz CT molecular complexity index is 992. The molecule has 49 heavy (non-hydrogen) atoms. The first-order valence-corrected chi connectivity index (χ1v) is 19.8. The Balaban J connectivity index is 0.000000901. The Morgan fingerprint density at radius 1 is 0.612 bits per heavy atom. The summed E-state index contributed by atoms with van der Waals surface area (Å²) in [6.07, 6.45) is 22.9. The van der Waals surface area contributed by atoms with Crippen LogP contribution in [0.2, 0.25) is 0 Å². The maximum atomic E-state index is 12.8. The second-order valence-corrected chi connectivity index (χ2v) is 18.7. The van der Waals surface area contributed by atoms with E-state index in [0.29, 0.717) is 25.2 Å². The summed E-state index contributed by atoms with van der Waals surface area (Å²) in [5.41, 5.74) is -0.457. The number of hydrogen-bond donors (Lipinski definition) is 0. The zero-order valence-electron chi connectivity index (χ0n) is 34.8. The van der Waals surface area contributed by atoms with E-state index in [0.717, 1.165) is 44.9 Å². The zero-order chi connectivity index (χ0) is 37.9. The predicted octanol–water partition coefficient (Wildman–Crippen LogP) is 12.5. The molecule has 0 bridgehead atoms. The highest BCUT2D eigenvalue weighted by atomic mass is 16.5. The van der Waals surface area contributed by atoms with Crippen LogP contribution in [0.15, 0.2) is 24.3 Å². The smallest absolute Gasteiger partial charge is 0.306 e. The fourth-order valence-corrected chi connectivity index (χ4v) is 6.51. The third-order valence-electron chi connectivity index (χ3n) is 8.85. The van der Waals surface area contributed by atoms with Gasteiger partial charge in [0.25, 0.3) is 0 Å². The average molecular weight is 689 g/mol. The second kappa shape index (κ2) is 22.9. The largest absolute Gasteiger partial charge is 0.458 e. The summed E-state index contributed by atoms with van der Waals surface area (Å²) in [6.45, 7) is 29.5. The number of esters is 1. The van der Waals surface area contributed by atoms with E-state index in [4.69, 9.17) is 9.47 Å². The van der Waals surface area contributed by atoms with Crippen molar-refractivity contribution < 1.29 is 23.9 Å².